The van der Waals surface area contributed by atoms with E-state index < -0.39 is 0 Å². The third-order valence-electron chi connectivity index (χ3n) is 5.81. The first kappa shape index (κ1) is 19.9. The number of para-hydroxylation sites is 1. The minimum Gasteiger partial charge on any atom is -0.347 e. The van der Waals surface area contributed by atoms with Crippen molar-refractivity contribution in [2.24, 2.45) is 7.05 Å². The number of hydrogen-bond acceptors (Lipinski definition) is 6. The Morgan fingerprint density at radius 3 is 2.84 bits per heavy atom. The zero-order valence-electron chi connectivity index (χ0n) is 17.6. The molecule has 1 atom stereocenters. The quantitative estimate of drug-likeness (QED) is 0.539. The Morgan fingerprint density at radius 2 is 2.00 bits per heavy atom. The summed E-state index contributed by atoms with van der Waals surface area (Å²) in [6.45, 7) is 1.34. The average Bonchev–Trinajstić information content (AvgIpc) is 3.30. The van der Waals surface area contributed by atoms with E-state index in [-0.39, 0.29) is 17.5 Å². The molecular weight excluding hydrogens is 404 g/mol. The van der Waals surface area contributed by atoms with Crippen molar-refractivity contribution >= 4 is 22.8 Å². The smallest absolute Gasteiger partial charge is 0.252 e. The molecule has 8 heteroatoms. The lowest BCUT2D eigenvalue weighted by Gasteiger charge is -2.18. The summed E-state index contributed by atoms with van der Waals surface area (Å²) >= 11 is 0. The lowest BCUT2D eigenvalue weighted by Crippen LogP contribution is -2.38. The molecule has 4 heterocycles. The van der Waals surface area contributed by atoms with Crippen molar-refractivity contribution in [3.05, 3.63) is 83.0 Å². The number of hydrogen-bond donors (Lipinski definition) is 1. The minimum atomic E-state index is -0.240. The molecule has 5 rings (SSSR count). The number of nitrogens with zero attached hydrogens (tertiary/aromatic N) is 5. The van der Waals surface area contributed by atoms with Crippen molar-refractivity contribution in [3.63, 3.8) is 0 Å². The molecule has 1 aliphatic heterocycles. The van der Waals surface area contributed by atoms with Crippen molar-refractivity contribution in [3.8, 4) is 11.3 Å². The Labute approximate surface area is 184 Å². The van der Waals surface area contributed by atoms with Crippen molar-refractivity contribution in [2.75, 3.05) is 18.0 Å². The number of carbonyl (C=O) groups excluding carboxylic acids is 1. The second kappa shape index (κ2) is 8.22. The van der Waals surface area contributed by atoms with Gasteiger partial charge in [-0.25, -0.2) is 9.97 Å². The standard InChI is InChI=1S/C24H22N6O2/c1-29-21-7-3-2-6-18(21)19(13-22(29)31)23(32)27-17-9-12-30(15-17)24-26-11-8-20(28-24)16-5-4-10-25-14-16/h2-8,10-11,13-14,17H,9,12,15H2,1H3,(H,27,32). The van der Waals surface area contributed by atoms with Crippen molar-refractivity contribution in [1.82, 2.24) is 24.8 Å². The maximum absolute atomic E-state index is 13.0. The van der Waals surface area contributed by atoms with E-state index in [1.165, 1.54) is 6.07 Å². The summed E-state index contributed by atoms with van der Waals surface area (Å²) in [6.07, 6.45) is 6.01. The second-order valence-corrected chi connectivity index (χ2v) is 7.86. The van der Waals surface area contributed by atoms with Crippen molar-refractivity contribution in [2.45, 2.75) is 12.5 Å². The molecule has 0 aliphatic carbocycles. The molecule has 1 saturated heterocycles. The van der Waals surface area contributed by atoms with Crippen molar-refractivity contribution in [1.29, 1.82) is 0 Å². The molecule has 0 saturated carbocycles. The van der Waals surface area contributed by atoms with Crippen LogP contribution in [0.15, 0.2) is 71.9 Å². The number of fused-ring (bicyclic) bond motifs is 1. The first-order valence-electron chi connectivity index (χ1n) is 10.5. The number of aryl methyl sites for hydroxylation is 1. The number of benzene rings is 1. The minimum absolute atomic E-state index is 0.0593. The van der Waals surface area contributed by atoms with Crippen LogP contribution in [-0.2, 0) is 7.05 Å². The number of rotatable bonds is 4. The molecule has 32 heavy (non-hydrogen) atoms. The monoisotopic (exact) mass is 426 g/mol. The second-order valence-electron chi connectivity index (χ2n) is 7.86. The number of aromatic nitrogens is 4. The van der Waals surface area contributed by atoms with E-state index in [1.807, 2.05) is 42.5 Å². The van der Waals surface area contributed by atoms with Crippen LogP contribution in [0.5, 0.6) is 0 Å². The van der Waals surface area contributed by atoms with Gasteiger partial charge in [-0.05, 0) is 30.7 Å². The highest BCUT2D eigenvalue weighted by atomic mass is 16.2. The van der Waals surface area contributed by atoms with Gasteiger partial charge in [0.05, 0.1) is 16.8 Å². The van der Waals surface area contributed by atoms with E-state index in [0.717, 1.165) is 35.1 Å². The van der Waals surface area contributed by atoms with Crippen LogP contribution in [0.2, 0.25) is 0 Å². The molecular formula is C24H22N6O2. The molecule has 160 valence electrons. The van der Waals surface area contributed by atoms with Gasteiger partial charge in [0, 0.05) is 61.8 Å². The third-order valence-corrected chi connectivity index (χ3v) is 5.81. The highest BCUT2D eigenvalue weighted by Gasteiger charge is 2.27. The Morgan fingerprint density at radius 1 is 1.12 bits per heavy atom. The molecule has 0 spiro atoms. The maximum atomic E-state index is 13.0. The van der Waals surface area contributed by atoms with Gasteiger partial charge >= 0.3 is 0 Å². The van der Waals surface area contributed by atoms with Gasteiger partial charge in [0.15, 0.2) is 0 Å². The van der Waals surface area contributed by atoms with E-state index in [4.69, 9.17) is 0 Å². The van der Waals surface area contributed by atoms with Gasteiger partial charge < -0.3 is 14.8 Å². The van der Waals surface area contributed by atoms with E-state index in [1.54, 1.807) is 30.2 Å². The normalized spacial score (nSPS) is 15.8. The predicted molar refractivity (Wildman–Crippen MR) is 123 cm³/mol. The first-order valence-corrected chi connectivity index (χ1v) is 10.5. The molecule has 1 fully saturated rings. The number of carbonyl (C=O) groups is 1. The van der Waals surface area contributed by atoms with Crippen LogP contribution in [0.25, 0.3) is 22.2 Å². The molecule has 0 bridgehead atoms. The van der Waals surface area contributed by atoms with Crippen LogP contribution >= 0.6 is 0 Å². The lowest BCUT2D eigenvalue weighted by molar-refractivity contribution is 0.0942. The van der Waals surface area contributed by atoms with E-state index in [2.05, 4.69) is 25.2 Å². The highest BCUT2D eigenvalue weighted by Crippen LogP contribution is 2.22. The topological polar surface area (TPSA) is 93.0 Å². The van der Waals surface area contributed by atoms with Gasteiger partial charge in [0.2, 0.25) is 5.95 Å². The summed E-state index contributed by atoms with van der Waals surface area (Å²) in [4.78, 5) is 40.7. The Kier molecular flexibility index (Phi) is 5.10. The predicted octanol–water partition coefficient (Wildman–Crippen LogP) is 2.40. The zero-order chi connectivity index (χ0) is 22.1. The molecule has 1 aliphatic rings. The summed E-state index contributed by atoms with van der Waals surface area (Å²) in [5.41, 5.74) is 2.67. The van der Waals surface area contributed by atoms with Gasteiger partial charge in [-0.15, -0.1) is 0 Å². The molecule has 1 N–H and O–H groups in total. The summed E-state index contributed by atoms with van der Waals surface area (Å²) < 4.78 is 1.55. The summed E-state index contributed by atoms with van der Waals surface area (Å²) in [5, 5.41) is 3.84. The Hall–Kier alpha value is -4.07. The van der Waals surface area contributed by atoms with E-state index in [9.17, 15) is 9.59 Å². The fourth-order valence-electron chi connectivity index (χ4n) is 4.10. The van der Waals surface area contributed by atoms with Crippen LogP contribution in [0.3, 0.4) is 0 Å². The highest BCUT2D eigenvalue weighted by molar-refractivity contribution is 6.06. The molecule has 0 radical (unpaired) electrons. The van der Waals surface area contributed by atoms with Crippen LogP contribution in [0.1, 0.15) is 16.8 Å². The van der Waals surface area contributed by atoms with Crippen molar-refractivity contribution < 1.29 is 4.79 Å². The van der Waals surface area contributed by atoms with E-state index in [0.29, 0.717) is 18.1 Å². The van der Waals surface area contributed by atoms with Crippen LogP contribution in [0, 0.1) is 0 Å². The summed E-state index contributed by atoms with van der Waals surface area (Å²) in [7, 11) is 1.71. The molecule has 1 amide bonds. The lowest BCUT2D eigenvalue weighted by atomic mass is 10.1. The molecule has 4 aromatic rings. The zero-order valence-corrected chi connectivity index (χ0v) is 17.6. The van der Waals surface area contributed by atoms with Gasteiger partial charge in [-0.3, -0.25) is 14.6 Å². The molecule has 1 aromatic carbocycles. The Balaban J connectivity index is 1.33. The third kappa shape index (κ3) is 3.71. The summed E-state index contributed by atoms with van der Waals surface area (Å²) in [5.74, 6) is 0.387. The summed E-state index contributed by atoms with van der Waals surface area (Å²) in [6, 6.07) is 14.5. The number of anilines is 1. The van der Waals surface area contributed by atoms with Crippen LogP contribution in [0.4, 0.5) is 5.95 Å². The SMILES string of the molecule is Cn1c(=O)cc(C(=O)NC2CCN(c3nccc(-c4cccnc4)n3)C2)c2ccccc21. The van der Waals surface area contributed by atoms with Gasteiger partial charge in [0.25, 0.3) is 11.5 Å². The van der Waals surface area contributed by atoms with Crippen LogP contribution in [-0.4, -0.2) is 44.6 Å². The molecule has 8 nitrogen and oxygen atoms in total. The fourth-order valence-corrected chi connectivity index (χ4v) is 4.10. The Bertz CT molecular complexity index is 1350. The van der Waals surface area contributed by atoms with E-state index >= 15 is 0 Å². The largest absolute Gasteiger partial charge is 0.347 e. The van der Waals surface area contributed by atoms with Gasteiger partial charge in [-0.1, -0.05) is 18.2 Å². The molecule has 1 unspecified atom stereocenters. The number of amides is 1. The van der Waals surface area contributed by atoms with Crippen LogP contribution < -0.4 is 15.8 Å². The fraction of sp³-hybridized carbons (Fsp3) is 0.208. The molecule has 3 aromatic heterocycles. The number of nitrogens with one attached hydrogen (secondary N) is 1. The average molecular weight is 426 g/mol. The van der Waals surface area contributed by atoms with Gasteiger partial charge in [0.1, 0.15) is 0 Å². The first-order chi connectivity index (χ1) is 15.6. The maximum Gasteiger partial charge on any atom is 0.252 e. The number of pyridine rings is 2. The van der Waals surface area contributed by atoms with Gasteiger partial charge in [-0.2, -0.15) is 0 Å².